The Morgan fingerprint density at radius 2 is 2.00 bits per heavy atom. The van der Waals surface area contributed by atoms with Crippen molar-refractivity contribution in [3.8, 4) is 0 Å². The van der Waals surface area contributed by atoms with Gasteiger partial charge >= 0.3 is 5.97 Å². The van der Waals surface area contributed by atoms with Crippen LogP contribution in [0.3, 0.4) is 0 Å². The number of carbonyl (C=O) groups excluding carboxylic acids is 2. The molecule has 0 fully saturated rings. The molecule has 0 spiro atoms. The van der Waals surface area contributed by atoms with Gasteiger partial charge in [0, 0.05) is 27.2 Å². The molecular formula is C17H19N5O4. The molecule has 1 aliphatic heterocycles. The van der Waals surface area contributed by atoms with Gasteiger partial charge in [0.15, 0.2) is 5.69 Å². The van der Waals surface area contributed by atoms with Gasteiger partial charge in [-0.05, 0) is 11.1 Å². The quantitative estimate of drug-likeness (QED) is 0.837. The fourth-order valence-corrected chi connectivity index (χ4v) is 2.89. The second kappa shape index (κ2) is 6.95. The Bertz CT molecular complexity index is 860. The molecule has 9 nitrogen and oxygen atoms in total. The number of nitrogens with zero attached hydrogens (tertiary/aromatic N) is 5. The van der Waals surface area contributed by atoms with E-state index in [2.05, 4.69) is 10.3 Å². The Morgan fingerprint density at radius 1 is 1.27 bits per heavy atom. The molecule has 1 aliphatic rings. The third-order valence-electron chi connectivity index (χ3n) is 4.33. The van der Waals surface area contributed by atoms with Crippen LogP contribution in [0.1, 0.15) is 27.5 Å². The molecular weight excluding hydrogens is 338 g/mol. The van der Waals surface area contributed by atoms with E-state index in [0.29, 0.717) is 6.54 Å². The van der Waals surface area contributed by atoms with Crippen molar-refractivity contribution in [3.63, 3.8) is 0 Å². The predicted octanol–water partition coefficient (Wildman–Crippen LogP) is 0.190. The number of carboxylic acids is 1. The highest BCUT2D eigenvalue weighted by molar-refractivity contribution is 5.93. The molecule has 0 aliphatic carbocycles. The van der Waals surface area contributed by atoms with Gasteiger partial charge in [-0.2, -0.15) is 0 Å². The highest BCUT2D eigenvalue weighted by atomic mass is 16.4. The van der Waals surface area contributed by atoms with E-state index in [4.69, 9.17) is 0 Å². The molecule has 1 unspecified atom stereocenters. The van der Waals surface area contributed by atoms with Crippen LogP contribution in [0.25, 0.3) is 0 Å². The number of amides is 2. The van der Waals surface area contributed by atoms with Crippen LogP contribution in [0, 0.1) is 0 Å². The monoisotopic (exact) mass is 357 g/mol. The van der Waals surface area contributed by atoms with Crippen LogP contribution in [0.2, 0.25) is 0 Å². The molecule has 136 valence electrons. The van der Waals surface area contributed by atoms with E-state index < -0.39 is 17.8 Å². The van der Waals surface area contributed by atoms with Crippen molar-refractivity contribution in [2.45, 2.75) is 19.0 Å². The van der Waals surface area contributed by atoms with Gasteiger partial charge in [0.2, 0.25) is 5.91 Å². The Labute approximate surface area is 149 Å². The number of likely N-dealkylation sites (N-methyl/N-ethyl adjacent to an activating group) is 1. The Balaban J connectivity index is 1.80. The second-order valence-electron chi connectivity index (χ2n) is 6.36. The average Bonchev–Trinajstić information content (AvgIpc) is 3.08. The van der Waals surface area contributed by atoms with Crippen LogP contribution in [-0.2, 0) is 22.7 Å². The SMILES string of the molecule is CN(C)C(=O)Cn1cc(C(=O)N2Cc3ccccc3C(C(=O)O)C2)nn1. The van der Waals surface area contributed by atoms with E-state index in [1.807, 2.05) is 12.1 Å². The van der Waals surface area contributed by atoms with Crippen molar-refractivity contribution in [2.24, 2.45) is 0 Å². The summed E-state index contributed by atoms with van der Waals surface area (Å²) < 4.78 is 1.29. The molecule has 0 radical (unpaired) electrons. The summed E-state index contributed by atoms with van der Waals surface area (Å²) in [5, 5.41) is 17.1. The zero-order valence-corrected chi connectivity index (χ0v) is 14.5. The first-order chi connectivity index (χ1) is 12.4. The number of carbonyl (C=O) groups is 3. The first-order valence-corrected chi connectivity index (χ1v) is 8.07. The van der Waals surface area contributed by atoms with Crippen molar-refractivity contribution in [2.75, 3.05) is 20.6 Å². The van der Waals surface area contributed by atoms with E-state index >= 15 is 0 Å². The summed E-state index contributed by atoms with van der Waals surface area (Å²) in [6.45, 7) is 0.352. The lowest BCUT2D eigenvalue weighted by Crippen LogP contribution is -2.40. The second-order valence-corrected chi connectivity index (χ2v) is 6.36. The zero-order chi connectivity index (χ0) is 18.8. The maximum absolute atomic E-state index is 12.7. The van der Waals surface area contributed by atoms with Gasteiger partial charge in [0.25, 0.3) is 5.91 Å². The standard InChI is InChI=1S/C17H19N5O4/c1-20(2)15(23)10-22-9-14(18-19-22)16(24)21-7-11-5-3-4-6-12(11)13(8-21)17(25)26/h3-6,9,13H,7-8,10H2,1-2H3,(H,25,26). The smallest absolute Gasteiger partial charge is 0.312 e. The van der Waals surface area contributed by atoms with E-state index in [9.17, 15) is 19.5 Å². The van der Waals surface area contributed by atoms with Crippen LogP contribution in [0.4, 0.5) is 0 Å². The average molecular weight is 357 g/mol. The normalized spacial score (nSPS) is 16.1. The van der Waals surface area contributed by atoms with E-state index in [-0.39, 0.29) is 24.7 Å². The van der Waals surface area contributed by atoms with E-state index in [1.165, 1.54) is 20.7 Å². The number of fused-ring (bicyclic) bond motifs is 1. The molecule has 2 heterocycles. The number of aliphatic carboxylic acids is 1. The highest BCUT2D eigenvalue weighted by Crippen LogP contribution is 2.29. The Hall–Kier alpha value is -3.23. The van der Waals surface area contributed by atoms with Gasteiger partial charge in [0.05, 0.1) is 12.1 Å². The number of benzene rings is 1. The molecule has 26 heavy (non-hydrogen) atoms. The molecule has 3 rings (SSSR count). The number of rotatable bonds is 4. The fraction of sp³-hybridized carbons (Fsp3) is 0.353. The molecule has 0 saturated carbocycles. The first kappa shape index (κ1) is 17.6. The largest absolute Gasteiger partial charge is 0.481 e. The molecule has 2 amide bonds. The number of hydrogen-bond donors (Lipinski definition) is 1. The summed E-state index contributed by atoms with van der Waals surface area (Å²) in [6, 6.07) is 7.20. The van der Waals surface area contributed by atoms with E-state index in [1.54, 1.807) is 26.2 Å². The van der Waals surface area contributed by atoms with Gasteiger partial charge in [-0.1, -0.05) is 29.5 Å². The molecule has 1 aromatic heterocycles. The van der Waals surface area contributed by atoms with Crippen molar-refractivity contribution in [3.05, 3.63) is 47.3 Å². The molecule has 0 saturated heterocycles. The van der Waals surface area contributed by atoms with Gasteiger partial charge in [-0.15, -0.1) is 5.10 Å². The minimum absolute atomic E-state index is 0.0200. The lowest BCUT2D eigenvalue weighted by Gasteiger charge is -2.32. The summed E-state index contributed by atoms with van der Waals surface area (Å²) >= 11 is 0. The highest BCUT2D eigenvalue weighted by Gasteiger charge is 2.33. The van der Waals surface area contributed by atoms with Crippen LogP contribution in [-0.4, -0.2) is 68.3 Å². The summed E-state index contributed by atoms with van der Waals surface area (Å²) in [5.74, 6) is -2.34. The maximum atomic E-state index is 12.7. The van der Waals surface area contributed by atoms with Crippen LogP contribution in [0.15, 0.2) is 30.5 Å². The summed E-state index contributed by atoms with van der Waals surface area (Å²) in [7, 11) is 3.26. The van der Waals surface area contributed by atoms with Crippen molar-refractivity contribution < 1.29 is 19.5 Å². The van der Waals surface area contributed by atoms with Crippen molar-refractivity contribution >= 4 is 17.8 Å². The minimum atomic E-state index is -0.977. The molecule has 1 atom stereocenters. The molecule has 9 heteroatoms. The molecule has 0 bridgehead atoms. The number of aromatic nitrogens is 3. The maximum Gasteiger partial charge on any atom is 0.312 e. The third kappa shape index (κ3) is 3.41. The Morgan fingerprint density at radius 3 is 2.69 bits per heavy atom. The van der Waals surface area contributed by atoms with Gasteiger partial charge in [-0.25, -0.2) is 4.68 Å². The molecule has 1 aromatic carbocycles. The predicted molar refractivity (Wildman–Crippen MR) is 90.3 cm³/mol. The topological polar surface area (TPSA) is 109 Å². The van der Waals surface area contributed by atoms with Crippen LogP contribution < -0.4 is 0 Å². The first-order valence-electron chi connectivity index (χ1n) is 8.07. The fourth-order valence-electron chi connectivity index (χ4n) is 2.89. The lowest BCUT2D eigenvalue weighted by atomic mass is 9.89. The lowest BCUT2D eigenvalue weighted by molar-refractivity contribution is -0.139. The Kier molecular flexibility index (Phi) is 4.70. The van der Waals surface area contributed by atoms with Crippen LogP contribution in [0.5, 0.6) is 0 Å². The third-order valence-corrected chi connectivity index (χ3v) is 4.33. The molecule has 2 aromatic rings. The van der Waals surface area contributed by atoms with Crippen molar-refractivity contribution in [1.82, 2.24) is 24.8 Å². The zero-order valence-electron chi connectivity index (χ0n) is 14.5. The van der Waals surface area contributed by atoms with Crippen LogP contribution >= 0.6 is 0 Å². The minimum Gasteiger partial charge on any atom is -0.481 e. The van der Waals surface area contributed by atoms with Gasteiger partial charge < -0.3 is 14.9 Å². The summed E-state index contributed by atoms with van der Waals surface area (Å²) in [4.78, 5) is 38.9. The molecule has 1 N–H and O–H groups in total. The summed E-state index contributed by atoms with van der Waals surface area (Å²) in [6.07, 6.45) is 1.40. The van der Waals surface area contributed by atoms with Crippen molar-refractivity contribution in [1.29, 1.82) is 0 Å². The van der Waals surface area contributed by atoms with E-state index in [0.717, 1.165) is 11.1 Å². The van der Waals surface area contributed by atoms with Gasteiger partial charge in [0.1, 0.15) is 6.54 Å². The number of carboxylic acid groups (broad SMARTS) is 1. The number of hydrogen-bond acceptors (Lipinski definition) is 5. The van der Waals surface area contributed by atoms with Gasteiger partial charge in [-0.3, -0.25) is 14.4 Å². The summed E-state index contributed by atoms with van der Waals surface area (Å²) in [5.41, 5.74) is 1.61.